The fourth-order valence-electron chi connectivity index (χ4n) is 2.15. The number of carbonyl (C=O) groups is 1. The van der Waals surface area contributed by atoms with E-state index in [0.717, 1.165) is 25.7 Å². The van der Waals surface area contributed by atoms with Crippen LogP contribution in [0.2, 0.25) is 0 Å². The van der Waals surface area contributed by atoms with Gasteiger partial charge < -0.3 is 14.4 Å². The summed E-state index contributed by atoms with van der Waals surface area (Å²) < 4.78 is 10.7. The first-order valence-corrected chi connectivity index (χ1v) is 6.32. The summed E-state index contributed by atoms with van der Waals surface area (Å²) in [6, 6.07) is 0.288. The molecule has 1 amide bonds. The monoisotopic (exact) mass is 243 g/mol. The molecule has 0 spiro atoms. The summed E-state index contributed by atoms with van der Waals surface area (Å²) in [6.07, 6.45) is 4.17. The smallest absolute Gasteiger partial charge is 0.410 e. The normalized spacial score (nSPS) is 25.5. The largest absolute Gasteiger partial charge is 0.444 e. The van der Waals surface area contributed by atoms with Gasteiger partial charge in [0.05, 0.1) is 6.10 Å². The van der Waals surface area contributed by atoms with Crippen molar-refractivity contribution < 1.29 is 14.3 Å². The molecule has 0 saturated heterocycles. The van der Waals surface area contributed by atoms with E-state index in [-0.39, 0.29) is 12.1 Å². The molecule has 0 heterocycles. The molecule has 100 valence electrons. The molecule has 0 atom stereocenters. The van der Waals surface area contributed by atoms with Gasteiger partial charge in [0.25, 0.3) is 0 Å². The highest BCUT2D eigenvalue weighted by molar-refractivity contribution is 5.68. The van der Waals surface area contributed by atoms with Crippen LogP contribution in [0.1, 0.15) is 46.5 Å². The van der Waals surface area contributed by atoms with E-state index in [2.05, 4.69) is 0 Å². The Morgan fingerprint density at radius 2 is 1.71 bits per heavy atom. The molecule has 1 saturated carbocycles. The van der Waals surface area contributed by atoms with Crippen LogP contribution in [0.15, 0.2) is 0 Å². The minimum Gasteiger partial charge on any atom is -0.444 e. The number of methoxy groups -OCH3 is 1. The Morgan fingerprint density at radius 1 is 1.18 bits per heavy atom. The molecule has 0 aromatic rings. The summed E-state index contributed by atoms with van der Waals surface area (Å²) in [4.78, 5) is 13.6. The first-order valence-electron chi connectivity index (χ1n) is 6.32. The predicted molar refractivity (Wildman–Crippen MR) is 67.1 cm³/mol. The lowest BCUT2D eigenvalue weighted by molar-refractivity contribution is 0.00670. The summed E-state index contributed by atoms with van der Waals surface area (Å²) in [5.41, 5.74) is -0.422. The minimum absolute atomic E-state index is 0.224. The van der Waals surface area contributed by atoms with Crippen LogP contribution in [0.3, 0.4) is 0 Å². The third-order valence-electron chi connectivity index (χ3n) is 3.21. The Bertz CT molecular complexity index is 252. The van der Waals surface area contributed by atoms with E-state index in [9.17, 15) is 4.79 Å². The highest BCUT2D eigenvalue weighted by Gasteiger charge is 2.29. The Morgan fingerprint density at radius 3 is 2.12 bits per heavy atom. The number of carbonyl (C=O) groups excluding carboxylic acids is 1. The fourth-order valence-corrected chi connectivity index (χ4v) is 2.15. The Hall–Kier alpha value is -0.770. The summed E-state index contributed by atoms with van der Waals surface area (Å²) in [5.74, 6) is 0. The Kier molecular flexibility index (Phi) is 4.80. The number of ether oxygens (including phenoxy) is 2. The molecule has 1 aliphatic rings. The maximum atomic E-state index is 11.9. The van der Waals surface area contributed by atoms with Gasteiger partial charge >= 0.3 is 6.09 Å². The van der Waals surface area contributed by atoms with Crippen molar-refractivity contribution in [3.8, 4) is 0 Å². The van der Waals surface area contributed by atoms with Gasteiger partial charge in [0, 0.05) is 20.2 Å². The SMILES string of the molecule is COC1CCC(N(C)C(=O)OC(C)(C)C)CC1. The first-order chi connectivity index (χ1) is 7.83. The molecule has 0 unspecified atom stereocenters. The fraction of sp³-hybridized carbons (Fsp3) is 0.923. The van der Waals surface area contributed by atoms with Crippen LogP contribution in [-0.2, 0) is 9.47 Å². The summed E-state index contributed by atoms with van der Waals surface area (Å²) in [5, 5.41) is 0. The van der Waals surface area contributed by atoms with Crippen molar-refractivity contribution in [1.82, 2.24) is 4.90 Å². The molecule has 0 N–H and O–H groups in total. The highest BCUT2D eigenvalue weighted by Crippen LogP contribution is 2.25. The zero-order valence-corrected chi connectivity index (χ0v) is 11.7. The Balaban J connectivity index is 2.43. The number of rotatable bonds is 2. The molecule has 0 radical (unpaired) electrons. The van der Waals surface area contributed by atoms with Gasteiger partial charge in [0.2, 0.25) is 0 Å². The van der Waals surface area contributed by atoms with Crippen LogP contribution >= 0.6 is 0 Å². The van der Waals surface area contributed by atoms with Crippen LogP contribution in [0.25, 0.3) is 0 Å². The molecular weight excluding hydrogens is 218 g/mol. The molecule has 0 bridgehead atoms. The number of hydrogen-bond donors (Lipinski definition) is 0. The second-order valence-corrected chi connectivity index (χ2v) is 5.76. The summed E-state index contributed by atoms with van der Waals surface area (Å²) in [6.45, 7) is 5.67. The van der Waals surface area contributed by atoms with Gasteiger partial charge in [-0.2, -0.15) is 0 Å². The molecular formula is C13H25NO3. The van der Waals surface area contributed by atoms with Gasteiger partial charge in [-0.15, -0.1) is 0 Å². The number of nitrogens with zero attached hydrogens (tertiary/aromatic N) is 1. The number of amides is 1. The van der Waals surface area contributed by atoms with Crippen molar-refractivity contribution in [2.45, 2.75) is 64.2 Å². The van der Waals surface area contributed by atoms with Crippen molar-refractivity contribution in [2.75, 3.05) is 14.2 Å². The molecule has 4 heteroatoms. The molecule has 4 nitrogen and oxygen atoms in total. The van der Waals surface area contributed by atoms with Crippen LogP contribution in [-0.4, -0.2) is 42.9 Å². The standard InChI is InChI=1S/C13H25NO3/c1-13(2,3)17-12(15)14(4)10-6-8-11(16-5)9-7-10/h10-11H,6-9H2,1-5H3. The van der Waals surface area contributed by atoms with Gasteiger partial charge in [-0.1, -0.05) is 0 Å². The van der Waals surface area contributed by atoms with Crippen molar-refractivity contribution in [3.63, 3.8) is 0 Å². The van der Waals surface area contributed by atoms with E-state index in [1.54, 1.807) is 12.0 Å². The van der Waals surface area contributed by atoms with Crippen LogP contribution in [0.4, 0.5) is 4.79 Å². The zero-order valence-electron chi connectivity index (χ0n) is 11.7. The second kappa shape index (κ2) is 5.71. The van der Waals surface area contributed by atoms with Crippen LogP contribution in [0, 0.1) is 0 Å². The van der Waals surface area contributed by atoms with Crippen molar-refractivity contribution in [3.05, 3.63) is 0 Å². The zero-order chi connectivity index (χ0) is 13.1. The van der Waals surface area contributed by atoms with Crippen LogP contribution < -0.4 is 0 Å². The third-order valence-corrected chi connectivity index (χ3v) is 3.21. The molecule has 1 fully saturated rings. The molecule has 0 aliphatic heterocycles. The van der Waals surface area contributed by atoms with Gasteiger partial charge in [-0.3, -0.25) is 0 Å². The molecule has 0 aromatic heterocycles. The topological polar surface area (TPSA) is 38.8 Å². The van der Waals surface area contributed by atoms with E-state index < -0.39 is 5.60 Å². The van der Waals surface area contributed by atoms with E-state index in [1.807, 2.05) is 27.8 Å². The molecule has 17 heavy (non-hydrogen) atoms. The third kappa shape index (κ3) is 4.54. The van der Waals surface area contributed by atoms with E-state index in [4.69, 9.17) is 9.47 Å². The molecule has 1 rings (SSSR count). The molecule has 0 aromatic carbocycles. The van der Waals surface area contributed by atoms with Crippen molar-refractivity contribution >= 4 is 6.09 Å². The first kappa shape index (κ1) is 14.3. The predicted octanol–water partition coefficient (Wildman–Crippen LogP) is 2.81. The summed E-state index contributed by atoms with van der Waals surface area (Å²) in [7, 11) is 3.58. The lowest BCUT2D eigenvalue weighted by Crippen LogP contribution is -2.43. The molecule has 1 aliphatic carbocycles. The van der Waals surface area contributed by atoms with E-state index in [0.29, 0.717) is 6.10 Å². The van der Waals surface area contributed by atoms with Gasteiger partial charge in [-0.05, 0) is 46.5 Å². The highest BCUT2D eigenvalue weighted by atomic mass is 16.6. The maximum Gasteiger partial charge on any atom is 0.410 e. The lowest BCUT2D eigenvalue weighted by atomic mass is 9.92. The number of hydrogen-bond acceptors (Lipinski definition) is 3. The van der Waals surface area contributed by atoms with E-state index >= 15 is 0 Å². The van der Waals surface area contributed by atoms with Gasteiger partial charge in [-0.25, -0.2) is 4.79 Å². The summed E-state index contributed by atoms with van der Waals surface area (Å²) >= 11 is 0. The van der Waals surface area contributed by atoms with Crippen molar-refractivity contribution in [1.29, 1.82) is 0 Å². The lowest BCUT2D eigenvalue weighted by Gasteiger charge is -2.35. The van der Waals surface area contributed by atoms with Gasteiger partial charge in [0.1, 0.15) is 5.60 Å². The minimum atomic E-state index is -0.422. The maximum absolute atomic E-state index is 11.9. The quantitative estimate of drug-likeness (QED) is 0.748. The Labute approximate surface area is 104 Å². The average Bonchev–Trinajstić information content (AvgIpc) is 2.26. The van der Waals surface area contributed by atoms with Gasteiger partial charge in [0.15, 0.2) is 0 Å². The second-order valence-electron chi connectivity index (χ2n) is 5.76. The van der Waals surface area contributed by atoms with Crippen LogP contribution in [0.5, 0.6) is 0 Å². The van der Waals surface area contributed by atoms with E-state index in [1.165, 1.54) is 0 Å². The average molecular weight is 243 g/mol. The van der Waals surface area contributed by atoms with Crippen molar-refractivity contribution in [2.24, 2.45) is 0 Å².